The molecule has 1 atom stereocenters. The van der Waals surface area contributed by atoms with Crippen LogP contribution in [0.25, 0.3) is 0 Å². The highest BCUT2D eigenvalue weighted by molar-refractivity contribution is 7.89. The van der Waals surface area contributed by atoms with Gasteiger partial charge in [0, 0.05) is 24.5 Å². The molecule has 0 spiro atoms. The van der Waals surface area contributed by atoms with E-state index in [-0.39, 0.29) is 29.8 Å². The van der Waals surface area contributed by atoms with Gasteiger partial charge in [0.1, 0.15) is 5.75 Å². The SMILES string of the molecule is COc1ccc2c(c1)CCCC2CC(=O)NCCNS(=O)(=O)c1cccc(Cl)c1. The first-order valence-corrected chi connectivity index (χ1v) is 11.4. The number of sulfonamides is 1. The van der Waals surface area contributed by atoms with Gasteiger partial charge in [0.05, 0.1) is 12.0 Å². The van der Waals surface area contributed by atoms with E-state index in [1.54, 1.807) is 19.2 Å². The summed E-state index contributed by atoms with van der Waals surface area (Å²) in [6.45, 7) is 0.333. The first kappa shape index (κ1) is 21.6. The molecule has 156 valence electrons. The molecule has 8 heteroatoms. The molecule has 2 aromatic carbocycles. The third-order valence-electron chi connectivity index (χ3n) is 5.07. The number of hydrogen-bond donors (Lipinski definition) is 2. The number of methoxy groups -OCH3 is 1. The number of fused-ring (bicyclic) bond motifs is 1. The number of nitrogens with one attached hydrogen (secondary N) is 2. The lowest BCUT2D eigenvalue weighted by molar-refractivity contribution is -0.121. The van der Waals surface area contributed by atoms with Crippen LogP contribution in [0.5, 0.6) is 5.75 Å². The van der Waals surface area contributed by atoms with Gasteiger partial charge in [-0.15, -0.1) is 0 Å². The molecule has 2 aromatic rings. The normalized spacial score (nSPS) is 16.1. The van der Waals surface area contributed by atoms with Crippen molar-refractivity contribution in [1.29, 1.82) is 0 Å². The smallest absolute Gasteiger partial charge is 0.240 e. The van der Waals surface area contributed by atoms with Crippen molar-refractivity contribution < 1.29 is 17.9 Å². The molecule has 0 aliphatic heterocycles. The van der Waals surface area contributed by atoms with E-state index in [2.05, 4.69) is 10.0 Å². The van der Waals surface area contributed by atoms with Crippen LogP contribution >= 0.6 is 11.6 Å². The molecule has 0 aromatic heterocycles. The Morgan fingerprint density at radius 2 is 2.03 bits per heavy atom. The molecule has 1 unspecified atom stereocenters. The summed E-state index contributed by atoms with van der Waals surface area (Å²) in [5.74, 6) is 0.925. The van der Waals surface area contributed by atoms with Crippen molar-refractivity contribution in [3.05, 3.63) is 58.6 Å². The molecule has 1 amide bonds. The van der Waals surface area contributed by atoms with Gasteiger partial charge in [-0.05, 0) is 66.6 Å². The molecule has 2 N–H and O–H groups in total. The van der Waals surface area contributed by atoms with Crippen LogP contribution in [0.15, 0.2) is 47.4 Å². The quantitative estimate of drug-likeness (QED) is 0.622. The third-order valence-corrected chi connectivity index (χ3v) is 6.76. The minimum absolute atomic E-state index is 0.0828. The predicted molar refractivity (Wildman–Crippen MR) is 113 cm³/mol. The van der Waals surface area contributed by atoms with E-state index in [0.29, 0.717) is 11.4 Å². The van der Waals surface area contributed by atoms with E-state index in [4.69, 9.17) is 16.3 Å². The van der Waals surface area contributed by atoms with Gasteiger partial charge in [0.2, 0.25) is 15.9 Å². The fourth-order valence-electron chi connectivity index (χ4n) is 3.63. The summed E-state index contributed by atoms with van der Waals surface area (Å²) in [6, 6.07) is 12.1. The van der Waals surface area contributed by atoms with E-state index in [0.717, 1.165) is 25.0 Å². The van der Waals surface area contributed by atoms with E-state index >= 15 is 0 Å². The molecule has 0 saturated carbocycles. The second-order valence-electron chi connectivity index (χ2n) is 7.06. The van der Waals surface area contributed by atoms with Crippen LogP contribution in [-0.2, 0) is 21.2 Å². The summed E-state index contributed by atoms with van der Waals surface area (Å²) < 4.78 is 32.2. The standard InChI is InChI=1S/C21H25ClN2O4S/c1-28-18-8-9-20-15(12-18)4-2-5-16(20)13-21(25)23-10-11-24-29(26,27)19-7-3-6-17(22)14-19/h3,6-9,12,14,16,24H,2,4-5,10-11,13H2,1H3,(H,23,25). The summed E-state index contributed by atoms with van der Waals surface area (Å²) >= 11 is 5.84. The number of aryl methyl sites for hydroxylation is 1. The Bertz CT molecular complexity index is 978. The highest BCUT2D eigenvalue weighted by Crippen LogP contribution is 2.35. The van der Waals surface area contributed by atoms with Crippen LogP contribution in [0.3, 0.4) is 0 Å². The van der Waals surface area contributed by atoms with E-state index in [9.17, 15) is 13.2 Å². The third kappa shape index (κ3) is 5.72. The Kier molecular flexibility index (Phi) is 7.16. The molecule has 29 heavy (non-hydrogen) atoms. The number of amides is 1. The lowest BCUT2D eigenvalue weighted by atomic mass is 9.81. The van der Waals surface area contributed by atoms with Crippen molar-refractivity contribution >= 4 is 27.5 Å². The average molecular weight is 437 g/mol. The molecule has 3 rings (SSSR count). The van der Waals surface area contributed by atoms with Crippen molar-refractivity contribution in [2.45, 2.75) is 36.5 Å². The summed E-state index contributed by atoms with van der Waals surface area (Å²) in [4.78, 5) is 12.5. The first-order valence-electron chi connectivity index (χ1n) is 9.58. The molecule has 0 bridgehead atoms. The minimum Gasteiger partial charge on any atom is -0.497 e. The van der Waals surface area contributed by atoms with Gasteiger partial charge >= 0.3 is 0 Å². The molecule has 0 fully saturated rings. The van der Waals surface area contributed by atoms with Crippen LogP contribution in [-0.4, -0.2) is 34.5 Å². The molecule has 0 saturated heterocycles. The molecular weight excluding hydrogens is 412 g/mol. The molecule has 0 heterocycles. The zero-order valence-electron chi connectivity index (χ0n) is 16.3. The molecule has 1 aliphatic carbocycles. The maximum Gasteiger partial charge on any atom is 0.240 e. The number of benzene rings is 2. The van der Waals surface area contributed by atoms with E-state index < -0.39 is 10.0 Å². The number of carbonyl (C=O) groups excluding carboxylic acids is 1. The highest BCUT2D eigenvalue weighted by atomic mass is 35.5. The summed E-state index contributed by atoms with van der Waals surface area (Å²) in [6.07, 6.45) is 3.39. The van der Waals surface area contributed by atoms with Crippen LogP contribution in [0.1, 0.15) is 36.3 Å². The van der Waals surface area contributed by atoms with Gasteiger partial charge in [0.25, 0.3) is 0 Å². The predicted octanol–water partition coefficient (Wildman–Crippen LogP) is 3.25. The zero-order chi connectivity index (χ0) is 20.9. The molecule has 1 aliphatic rings. The molecular formula is C21H25ClN2O4S. The largest absolute Gasteiger partial charge is 0.497 e. The summed E-state index contributed by atoms with van der Waals surface area (Å²) in [5.41, 5.74) is 2.44. The Hall–Kier alpha value is -2.09. The van der Waals surface area contributed by atoms with Gasteiger partial charge in [-0.3, -0.25) is 4.79 Å². The molecule has 6 nitrogen and oxygen atoms in total. The lowest BCUT2D eigenvalue weighted by Gasteiger charge is -2.25. The maximum atomic E-state index is 12.4. The lowest BCUT2D eigenvalue weighted by Crippen LogP contribution is -2.35. The monoisotopic (exact) mass is 436 g/mol. The van der Waals surface area contributed by atoms with Gasteiger partial charge in [0.15, 0.2) is 0 Å². The van der Waals surface area contributed by atoms with Crippen molar-refractivity contribution in [3.63, 3.8) is 0 Å². The van der Waals surface area contributed by atoms with Crippen molar-refractivity contribution in [1.82, 2.24) is 10.0 Å². The Morgan fingerprint density at radius 1 is 1.21 bits per heavy atom. The van der Waals surface area contributed by atoms with Gasteiger partial charge in [-0.2, -0.15) is 0 Å². The maximum absolute atomic E-state index is 12.4. The second kappa shape index (κ2) is 9.61. The highest BCUT2D eigenvalue weighted by Gasteiger charge is 2.23. The Morgan fingerprint density at radius 3 is 2.79 bits per heavy atom. The van der Waals surface area contributed by atoms with Crippen molar-refractivity contribution in [3.8, 4) is 5.75 Å². The Balaban J connectivity index is 1.49. The van der Waals surface area contributed by atoms with Crippen molar-refractivity contribution in [2.24, 2.45) is 0 Å². The van der Waals surface area contributed by atoms with Crippen LogP contribution in [0, 0.1) is 0 Å². The number of hydrogen-bond acceptors (Lipinski definition) is 4. The van der Waals surface area contributed by atoms with E-state index in [1.165, 1.54) is 23.3 Å². The minimum atomic E-state index is -3.65. The van der Waals surface area contributed by atoms with Crippen LogP contribution < -0.4 is 14.8 Å². The number of rotatable bonds is 8. The fraction of sp³-hybridized carbons (Fsp3) is 0.381. The topological polar surface area (TPSA) is 84.5 Å². The van der Waals surface area contributed by atoms with Crippen molar-refractivity contribution in [2.75, 3.05) is 20.2 Å². The fourth-order valence-corrected chi connectivity index (χ4v) is 4.96. The van der Waals surface area contributed by atoms with Crippen LogP contribution in [0.4, 0.5) is 0 Å². The second-order valence-corrected chi connectivity index (χ2v) is 9.27. The van der Waals surface area contributed by atoms with Crippen LogP contribution in [0.2, 0.25) is 5.02 Å². The van der Waals surface area contributed by atoms with Gasteiger partial charge < -0.3 is 10.1 Å². The number of carbonyl (C=O) groups is 1. The molecule has 0 radical (unpaired) electrons. The number of ether oxygens (including phenoxy) is 1. The summed E-state index contributed by atoms with van der Waals surface area (Å²) in [5, 5.41) is 3.16. The average Bonchev–Trinajstić information content (AvgIpc) is 2.71. The Labute approximate surface area is 176 Å². The van der Waals surface area contributed by atoms with Gasteiger partial charge in [-0.1, -0.05) is 23.7 Å². The number of halogens is 1. The van der Waals surface area contributed by atoms with E-state index in [1.807, 2.05) is 18.2 Å². The zero-order valence-corrected chi connectivity index (χ0v) is 17.9. The first-order chi connectivity index (χ1) is 13.9. The summed E-state index contributed by atoms with van der Waals surface area (Å²) in [7, 11) is -2.00. The van der Waals surface area contributed by atoms with Gasteiger partial charge in [-0.25, -0.2) is 13.1 Å².